The number of aliphatic hydroxyl groups excluding tert-OH is 1. The smallest absolute Gasteiger partial charge is 0.303 e. The molecule has 1 aromatic rings. The molecule has 0 unspecified atom stereocenters. The number of hydrogen-bond acceptors (Lipinski definition) is 4. The van der Waals surface area contributed by atoms with Crippen molar-refractivity contribution >= 4 is 21.7 Å². The predicted octanol–water partition coefficient (Wildman–Crippen LogP) is 0.785. The van der Waals surface area contributed by atoms with E-state index in [4.69, 9.17) is 10.2 Å². The van der Waals surface area contributed by atoms with E-state index in [1.54, 1.807) is 18.2 Å². The van der Waals surface area contributed by atoms with Gasteiger partial charge in [-0.15, -0.1) is 0 Å². The van der Waals surface area contributed by atoms with Gasteiger partial charge in [-0.2, -0.15) is 0 Å². The monoisotopic (exact) mass is 273 g/mol. The van der Waals surface area contributed by atoms with Crippen molar-refractivity contribution in [3.05, 3.63) is 29.8 Å². The lowest BCUT2D eigenvalue weighted by molar-refractivity contribution is -0.137. The van der Waals surface area contributed by atoms with Crippen LogP contribution in [0, 0.1) is 0 Å². The summed E-state index contributed by atoms with van der Waals surface area (Å²) in [6, 6.07) is 6.38. The minimum absolute atomic E-state index is 0.0599. The van der Waals surface area contributed by atoms with Gasteiger partial charge in [0.25, 0.3) is 0 Å². The van der Waals surface area contributed by atoms with Gasteiger partial charge in [0.05, 0.1) is 12.4 Å². The molecule has 0 aromatic heterocycles. The largest absolute Gasteiger partial charge is 0.481 e. The number of benzene rings is 1. The van der Waals surface area contributed by atoms with E-state index in [0.29, 0.717) is 11.3 Å². The van der Waals surface area contributed by atoms with Gasteiger partial charge in [0.2, 0.25) is 10.0 Å². The number of carboxylic acid groups (broad SMARTS) is 1. The lowest BCUT2D eigenvalue weighted by Gasteiger charge is -2.08. The van der Waals surface area contributed by atoms with Crippen LogP contribution in [0.25, 0.3) is 0 Å². The Kier molecular flexibility index (Phi) is 5.11. The summed E-state index contributed by atoms with van der Waals surface area (Å²) in [5.41, 5.74) is 0.956. The van der Waals surface area contributed by atoms with Crippen LogP contribution < -0.4 is 4.72 Å². The fourth-order valence-electron chi connectivity index (χ4n) is 1.38. The number of rotatable bonds is 7. The SMILES string of the molecule is O=C(O)CCCS(=O)(=O)Nc1cccc(CO)c1. The first-order valence-electron chi connectivity index (χ1n) is 5.35. The van der Waals surface area contributed by atoms with Crippen molar-refractivity contribution < 1.29 is 23.4 Å². The highest BCUT2D eigenvalue weighted by Crippen LogP contribution is 2.13. The maximum atomic E-state index is 11.6. The molecule has 0 saturated carbocycles. The van der Waals surface area contributed by atoms with Gasteiger partial charge in [-0.05, 0) is 24.1 Å². The third-order valence-electron chi connectivity index (χ3n) is 2.19. The van der Waals surface area contributed by atoms with E-state index < -0.39 is 16.0 Å². The molecular weight excluding hydrogens is 258 g/mol. The van der Waals surface area contributed by atoms with Crippen molar-refractivity contribution in [2.75, 3.05) is 10.5 Å². The van der Waals surface area contributed by atoms with Gasteiger partial charge in [0.15, 0.2) is 0 Å². The van der Waals surface area contributed by atoms with Crippen molar-refractivity contribution in [1.29, 1.82) is 0 Å². The van der Waals surface area contributed by atoms with Gasteiger partial charge in [0, 0.05) is 12.1 Å². The van der Waals surface area contributed by atoms with Crippen molar-refractivity contribution in [3.63, 3.8) is 0 Å². The molecule has 0 bridgehead atoms. The lowest BCUT2D eigenvalue weighted by Crippen LogP contribution is -2.17. The van der Waals surface area contributed by atoms with Gasteiger partial charge in [-0.1, -0.05) is 12.1 Å². The lowest BCUT2D eigenvalue weighted by atomic mass is 10.2. The van der Waals surface area contributed by atoms with Crippen LogP contribution >= 0.6 is 0 Å². The van der Waals surface area contributed by atoms with Crippen LogP contribution in [0.4, 0.5) is 5.69 Å². The highest BCUT2D eigenvalue weighted by atomic mass is 32.2. The average molecular weight is 273 g/mol. The summed E-state index contributed by atoms with van der Waals surface area (Å²) in [6.45, 7) is -0.172. The molecule has 3 N–H and O–H groups in total. The molecule has 0 spiro atoms. The van der Waals surface area contributed by atoms with Crippen LogP contribution in [0.2, 0.25) is 0 Å². The van der Waals surface area contributed by atoms with E-state index in [2.05, 4.69) is 4.72 Å². The minimum atomic E-state index is -3.55. The first-order valence-corrected chi connectivity index (χ1v) is 7.00. The molecule has 0 aliphatic heterocycles. The van der Waals surface area contributed by atoms with E-state index in [1.165, 1.54) is 6.07 Å². The molecule has 0 saturated heterocycles. The number of anilines is 1. The number of sulfonamides is 1. The number of nitrogens with one attached hydrogen (secondary N) is 1. The second-order valence-corrected chi connectivity index (χ2v) is 5.62. The maximum Gasteiger partial charge on any atom is 0.303 e. The van der Waals surface area contributed by atoms with Gasteiger partial charge in [-0.25, -0.2) is 8.42 Å². The zero-order valence-electron chi connectivity index (χ0n) is 9.67. The van der Waals surface area contributed by atoms with Crippen LogP contribution in [0.1, 0.15) is 18.4 Å². The molecule has 0 radical (unpaired) electrons. The first kappa shape index (κ1) is 14.5. The Balaban J connectivity index is 2.61. The van der Waals surface area contributed by atoms with Crippen molar-refractivity contribution in [2.45, 2.75) is 19.4 Å². The minimum Gasteiger partial charge on any atom is -0.481 e. The Bertz CT molecular complexity index is 512. The molecule has 0 amide bonds. The third kappa shape index (κ3) is 5.15. The molecule has 100 valence electrons. The summed E-state index contributed by atoms with van der Waals surface area (Å²) in [4.78, 5) is 10.3. The van der Waals surface area contributed by atoms with Crippen LogP contribution in [-0.2, 0) is 21.4 Å². The van der Waals surface area contributed by atoms with Crippen LogP contribution in [0.3, 0.4) is 0 Å². The summed E-state index contributed by atoms with van der Waals surface area (Å²) in [7, 11) is -3.55. The van der Waals surface area contributed by atoms with Gasteiger partial charge < -0.3 is 10.2 Å². The molecule has 0 aliphatic carbocycles. The maximum absolute atomic E-state index is 11.6. The molecule has 0 heterocycles. The molecule has 1 aromatic carbocycles. The highest BCUT2D eigenvalue weighted by molar-refractivity contribution is 7.92. The normalized spacial score (nSPS) is 11.2. The van der Waals surface area contributed by atoms with Gasteiger partial charge >= 0.3 is 5.97 Å². The highest BCUT2D eigenvalue weighted by Gasteiger charge is 2.11. The fraction of sp³-hybridized carbons (Fsp3) is 0.364. The predicted molar refractivity (Wildman–Crippen MR) is 66.6 cm³/mol. The molecular formula is C11H15NO5S. The van der Waals surface area contributed by atoms with E-state index >= 15 is 0 Å². The molecule has 1 rings (SSSR count). The van der Waals surface area contributed by atoms with Gasteiger partial charge in [-0.3, -0.25) is 9.52 Å². The second-order valence-electron chi connectivity index (χ2n) is 3.78. The summed E-state index contributed by atoms with van der Waals surface area (Å²) < 4.78 is 25.6. The number of carbonyl (C=O) groups is 1. The zero-order valence-corrected chi connectivity index (χ0v) is 10.5. The van der Waals surface area contributed by atoms with E-state index in [-0.39, 0.29) is 25.2 Å². The average Bonchev–Trinajstić information content (AvgIpc) is 2.27. The van der Waals surface area contributed by atoms with Gasteiger partial charge in [0.1, 0.15) is 0 Å². The number of carboxylic acids is 1. The Morgan fingerprint density at radius 2 is 2.06 bits per heavy atom. The summed E-state index contributed by atoms with van der Waals surface area (Å²) >= 11 is 0. The molecule has 0 fully saturated rings. The Morgan fingerprint density at radius 1 is 1.33 bits per heavy atom. The third-order valence-corrected chi connectivity index (χ3v) is 3.56. The van der Waals surface area contributed by atoms with E-state index in [1.807, 2.05) is 0 Å². The topological polar surface area (TPSA) is 104 Å². The van der Waals surface area contributed by atoms with E-state index in [9.17, 15) is 13.2 Å². The number of aliphatic hydroxyl groups is 1. The first-order chi connectivity index (χ1) is 8.43. The quantitative estimate of drug-likeness (QED) is 0.681. The van der Waals surface area contributed by atoms with Crippen LogP contribution in [-0.4, -0.2) is 30.4 Å². The molecule has 0 atom stereocenters. The zero-order chi connectivity index (χ0) is 13.6. The summed E-state index contributed by atoms with van der Waals surface area (Å²) in [5.74, 6) is -1.27. The molecule has 6 nitrogen and oxygen atoms in total. The number of aliphatic carboxylic acids is 1. The number of hydrogen-bond donors (Lipinski definition) is 3. The van der Waals surface area contributed by atoms with E-state index in [0.717, 1.165) is 0 Å². The summed E-state index contributed by atoms with van der Waals surface area (Å²) in [5, 5.41) is 17.3. The van der Waals surface area contributed by atoms with Crippen molar-refractivity contribution in [1.82, 2.24) is 0 Å². The van der Waals surface area contributed by atoms with Crippen LogP contribution in [0.15, 0.2) is 24.3 Å². The molecule has 0 aliphatic rings. The standard InChI is InChI=1S/C11H15NO5S/c13-8-9-3-1-4-10(7-9)12-18(16,17)6-2-5-11(14)15/h1,3-4,7,12-13H,2,5-6,8H2,(H,14,15). The Labute approximate surface area is 105 Å². The summed E-state index contributed by atoms with van der Waals surface area (Å²) in [6.07, 6.45) is -0.123. The Morgan fingerprint density at radius 3 is 2.67 bits per heavy atom. The fourth-order valence-corrected chi connectivity index (χ4v) is 2.49. The molecule has 7 heteroatoms. The van der Waals surface area contributed by atoms with Crippen molar-refractivity contribution in [3.8, 4) is 0 Å². The molecule has 18 heavy (non-hydrogen) atoms. The van der Waals surface area contributed by atoms with Crippen LogP contribution in [0.5, 0.6) is 0 Å². The van der Waals surface area contributed by atoms with Crippen molar-refractivity contribution in [2.24, 2.45) is 0 Å². The Hall–Kier alpha value is -1.60. The second kappa shape index (κ2) is 6.36.